The quantitative estimate of drug-likeness (QED) is 0.173. The first kappa shape index (κ1) is 29.0. The maximum absolute atomic E-state index is 6.49. The zero-order chi connectivity index (χ0) is 27.4. The van der Waals surface area contributed by atoms with Gasteiger partial charge in [-0.2, -0.15) is 0 Å². The summed E-state index contributed by atoms with van der Waals surface area (Å²) in [5.74, 6) is 3.68. The Morgan fingerprint density at radius 2 is 0.868 bits per heavy atom. The molecule has 2 atom stereocenters. The summed E-state index contributed by atoms with van der Waals surface area (Å²) >= 11 is 0. The average Bonchev–Trinajstić information content (AvgIpc) is 3.79. The van der Waals surface area contributed by atoms with Gasteiger partial charge in [0, 0.05) is 0 Å². The Labute approximate surface area is 231 Å². The van der Waals surface area contributed by atoms with Crippen LogP contribution in [0, 0.1) is 0 Å². The van der Waals surface area contributed by atoms with Crippen LogP contribution in [-0.2, 0) is 9.47 Å². The lowest BCUT2D eigenvalue weighted by atomic mass is 9.86. The van der Waals surface area contributed by atoms with Crippen LogP contribution in [0.1, 0.15) is 127 Å². The molecule has 2 saturated heterocycles. The fourth-order valence-electron chi connectivity index (χ4n) is 5.17. The molecule has 0 amide bonds. The standard InChI is InChI=1S/C34H50O4/c1-21(2)29-15-25(16-30(22(3)4)33(29)35-13-9-11-27-19-37-27)26-17-31(23(5)6)34(32(18-26)24(7)8)36-14-10-12-28-20-38-28/h15-18,21-24,27-28H,9-14,19-20H2,1-8H3. The highest BCUT2D eigenvalue weighted by molar-refractivity contribution is 5.72. The molecule has 0 aromatic heterocycles. The van der Waals surface area contributed by atoms with Gasteiger partial charge in [-0.1, -0.05) is 55.4 Å². The number of rotatable bonds is 15. The van der Waals surface area contributed by atoms with Crippen molar-refractivity contribution in [2.75, 3.05) is 26.4 Å². The SMILES string of the molecule is CC(C)c1cc(-c2cc(C(C)C)c(OCCCC3CO3)c(C(C)C)c2)cc(C(C)C)c1OCCCC1CO1. The Morgan fingerprint density at radius 1 is 0.579 bits per heavy atom. The minimum Gasteiger partial charge on any atom is -0.493 e. The number of hydrogen-bond acceptors (Lipinski definition) is 4. The topological polar surface area (TPSA) is 43.5 Å². The summed E-state index contributed by atoms with van der Waals surface area (Å²) in [6.07, 6.45) is 5.16. The van der Waals surface area contributed by atoms with E-state index in [1.54, 1.807) is 0 Å². The van der Waals surface area contributed by atoms with E-state index in [0.717, 1.165) is 63.6 Å². The van der Waals surface area contributed by atoms with Gasteiger partial charge in [-0.25, -0.2) is 0 Å². The molecule has 210 valence electrons. The summed E-state index contributed by atoms with van der Waals surface area (Å²) in [4.78, 5) is 0. The second-order valence-electron chi connectivity index (χ2n) is 12.5. The molecule has 0 bridgehead atoms. The molecule has 0 spiro atoms. The van der Waals surface area contributed by atoms with Crippen molar-refractivity contribution in [1.82, 2.24) is 0 Å². The summed E-state index contributed by atoms with van der Waals surface area (Å²) in [5.41, 5.74) is 7.75. The minimum atomic E-state index is 0.376. The van der Waals surface area contributed by atoms with Crippen LogP contribution in [0.4, 0.5) is 0 Å². The Morgan fingerprint density at radius 3 is 1.11 bits per heavy atom. The van der Waals surface area contributed by atoms with Gasteiger partial charge in [-0.05, 0) is 107 Å². The number of ether oxygens (including phenoxy) is 4. The first-order chi connectivity index (χ1) is 18.2. The lowest BCUT2D eigenvalue weighted by Crippen LogP contribution is -2.08. The summed E-state index contributed by atoms with van der Waals surface area (Å²) in [5, 5.41) is 0. The van der Waals surface area contributed by atoms with Crippen molar-refractivity contribution in [1.29, 1.82) is 0 Å². The van der Waals surface area contributed by atoms with E-state index in [2.05, 4.69) is 79.7 Å². The largest absolute Gasteiger partial charge is 0.493 e. The molecule has 2 unspecified atom stereocenters. The van der Waals surface area contributed by atoms with Crippen LogP contribution in [0.15, 0.2) is 24.3 Å². The number of epoxide rings is 2. The van der Waals surface area contributed by atoms with Gasteiger partial charge in [-0.15, -0.1) is 0 Å². The molecule has 2 aliphatic heterocycles. The minimum absolute atomic E-state index is 0.376. The summed E-state index contributed by atoms with van der Waals surface area (Å²) in [6.45, 7) is 21.5. The zero-order valence-corrected chi connectivity index (χ0v) is 25.1. The van der Waals surface area contributed by atoms with Crippen LogP contribution in [-0.4, -0.2) is 38.6 Å². The lowest BCUT2D eigenvalue weighted by molar-refractivity contribution is 0.287. The molecule has 2 aromatic carbocycles. The van der Waals surface area contributed by atoms with Crippen molar-refractivity contribution >= 4 is 0 Å². The molecule has 4 rings (SSSR count). The maximum Gasteiger partial charge on any atom is 0.126 e. The lowest BCUT2D eigenvalue weighted by Gasteiger charge is -2.24. The van der Waals surface area contributed by atoms with Crippen molar-refractivity contribution in [2.45, 2.75) is 117 Å². The highest BCUT2D eigenvalue weighted by Crippen LogP contribution is 2.43. The third-order valence-corrected chi connectivity index (χ3v) is 7.75. The van der Waals surface area contributed by atoms with Crippen molar-refractivity contribution < 1.29 is 18.9 Å². The van der Waals surface area contributed by atoms with Gasteiger partial charge in [0.25, 0.3) is 0 Å². The fourth-order valence-corrected chi connectivity index (χ4v) is 5.17. The molecule has 0 aliphatic carbocycles. The maximum atomic E-state index is 6.49. The third-order valence-electron chi connectivity index (χ3n) is 7.75. The van der Waals surface area contributed by atoms with Crippen molar-refractivity contribution in [3.63, 3.8) is 0 Å². The van der Waals surface area contributed by atoms with Gasteiger partial charge >= 0.3 is 0 Å². The predicted octanol–water partition coefficient (Wildman–Crippen LogP) is 8.96. The van der Waals surface area contributed by atoms with Crippen LogP contribution in [0.2, 0.25) is 0 Å². The first-order valence-electron chi connectivity index (χ1n) is 15.0. The fraction of sp³-hybridized carbons (Fsp3) is 0.647. The van der Waals surface area contributed by atoms with Crippen molar-refractivity contribution in [3.8, 4) is 22.6 Å². The highest BCUT2D eigenvalue weighted by Gasteiger charge is 2.24. The van der Waals surface area contributed by atoms with Crippen LogP contribution >= 0.6 is 0 Å². The summed E-state index contributed by atoms with van der Waals surface area (Å²) < 4.78 is 23.7. The molecule has 0 radical (unpaired) electrons. The monoisotopic (exact) mass is 522 g/mol. The van der Waals surface area contributed by atoms with E-state index >= 15 is 0 Å². The van der Waals surface area contributed by atoms with E-state index in [9.17, 15) is 0 Å². The Kier molecular flexibility index (Phi) is 9.81. The summed E-state index contributed by atoms with van der Waals surface area (Å²) in [6, 6.07) is 9.48. The van der Waals surface area contributed by atoms with Crippen molar-refractivity contribution in [3.05, 3.63) is 46.5 Å². The Balaban J connectivity index is 1.68. The Bertz CT molecular complexity index is 917. The Hall–Kier alpha value is -2.04. The first-order valence-corrected chi connectivity index (χ1v) is 15.0. The van der Waals surface area contributed by atoms with Gasteiger partial charge in [0.2, 0.25) is 0 Å². The molecule has 4 nitrogen and oxygen atoms in total. The molecular weight excluding hydrogens is 472 g/mol. The molecule has 2 aromatic rings. The summed E-state index contributed by atoms with van der Waals surface area (Å²) in [7, 11) is 0. The third kappa shape index (κ3) is 7.54. The average molecular weight is 523 g/mol. The van der Waals surface area contributed by atoms with Gasteiger partial charge < -0.3 is 18.9 Å². The van der Waals surface area contributed by atoms with E-state index in [1.807, 2.05) is 0 Å². The van der Waals surface area contributed by atoms with E-state index in [1.165, 1.54) is 33.4 Å². The van der Waals surface area contributed by atoms with Crippen molar-refractivity contribution in [2.24, 2.45) is 0 Å². The van der Waals surface area contributed by atoms with E-state index in [4.69, 9.17) is 18.9 Å². The van der Waals surface area contributed by atoms with Gasteiger partial charge in [0.1, 0.15) is 11.5 Å². The molecule has 2 heterocycles. The molecule has 0 N–H and O–H groups in total. The number of benzene rings is 2. The molecular formula is C34H50O4. The predicted molar refractivity (Wildman–Crippen MR) is 157 cm³/mol. The van der Waals surface area contributed by atoms with Gasteiger partial charge in [0.15, 0.2) is 0 Å². The van der Waals surface area contributed by atoms with E-state index < -0.39 is 0 Å². The van der Waals surface area contributed by atoms with Crippen LogP contribution < -0.4 is 9.47 Å². The smallest absolute Gasteiger partial charge is 0.126 e. The highest BCUT2D eigenvalue weighted by atomic mass is 16.6. The second kappa shape index (κ2) is 12.9. The number of hydrogen-bond donors (Lipinski definition) is 0. The van der Waals surface area contributed by atoms with E-state index in [0.29, 0.717) is 35.9 Å². The van der Waals surface area contributed by atoms with Crippen LogP contribution in [0.5, 0.6) is 11.5 Å². The molecule has 0 saturated carbocycles. The van der Waals surface area contributed by atoms with Gasteiger partial charge in [0.05, 0.1) is 38.6 Å². The molecule has 2 aliphatic rings. The van der Waals surface area contributed by atoms with E-state index in [-0.39, 0.29) is 0 Å². The van der Waals surface area contributed by atoms with Crippen LogP contribution in [0.25, 0.3) is 11.1 Å². The molecule has 2 fully saturated rings. The van der Waals surface area contributed by atoms with Crippen LogP contribution in [0.3, 0.4) is 0 Å². The van der Waals surface area contributed by atoms with Gasteiger partial charge in [-0.3, -0.25) is 0 Å². The normalized spacial score (nSPS) is 18.6. The molecule has 38 heavy (non-hydrogen) atoms. The zero-order valence-electron chi connectivity index (χ0n) is 25.1. The molecule has 4 heteroatoms. The second-order valence-corrected chi connectivity index (χ2v) is 12.5.